The highest BCUT2D eigenvalue weighted by Crippen LogP contribution is 2.27. The Balaban J connectivity index is 2.00. The molecule has 1 unspecified atom stereocenters. The molecular formula is C16H26N2O. The average Bonchev–Trinajstić information content (AvgIpc) is 2.81. The van der Waals surface area contributed by atoms with Crippen molar-refractivity contribution in [3.63, 3.8) is 0 Å². The summed E-state index contributed by atoms with van der Waals surface area (Å²) in [7, 11) is 0. The third-order valence-electron chi connectivity index (χ3n) is 3.85. The maximum atomic E-state index is 5.90. The Morgan fingerprint density at radius 1 is 1.37 bits per heavy atom. The zero-order valence-electron chi connectivity index (χ0n) is 12.2. The molecule has 1 aliphatic heterocycles. The number of rotatable bonds is 6. The number of anilines is 1. The van der Waals surface area contributed by atoms with Crippen molar-refractivity contribution in [3.8, 4) is 5.75 Å². The molecule has 1 atom stereocenters. The third-order valence-corrected chi connectivity index (χ3v) is 3.85. The number of nitrogens with two attached hydrogens (primary N) is 1. The van der Waals surface area contributed by atoms with Crippen LogP contribution in [0.2, 0.25) is 0 Å². The topological polar surface area (TPSA) is 38.5 Å². The van der Waals surface area contributed by atoms with Gasteiger partial charge in [0, 0.05) is 24.3 Å². The van der Waals surface area contributed by atoms with Crippen molar-refractivity contribution < 1.29 is 4.74 Å². The second kappa shape index (κ2) is 6.80. The second-order valence-electron chi connectivity index (χ2n) is 5.48. The lowest BCUT2D eigenvalue weighted by atomic mass is 10.0. The minimum atomic E-state index is 0.704. The van der Waals surface area contributed by atoms with Crippen LogP contribution in [0.15, 0.2) is 18.2 Å². The molecule has 2 N–H and O–H groups in total. The van der Waals surface area contributed by atoms with E-state index in [9.17, 15) is 0 Å². The molecule has 0 bridgehead atoms. The Morgan fingerprint density at radius 3 is 2.95 bits per heavy atom. The highest BCUT2D eigenvalue weighted by molar-refractivity contribution is 5.47. The van der Waals surface area contributed by atoms with E-state index in [2.05, 4.69) is 17.9 Å². The molecular weight excluding hydrogens is 236 g/mol. The van der Waals surface area contributed by atoms with Crippen LogP contribution in [-0.4, -0.2) is 24.6 Å². The Morgan fingerprint density at radius 2 is 2.21 bits per heavy atom. The van der Waals surface area contributed by atoms with Crippen molar-refractivity contribution in [2.75, 3.05) is 25.4 Å². The molecule has 0 spiro atoms. The lowest BCUT2D eigenvalue weighted by molar-refractivity contribution is 0.295. The maximum Gasteiger partial charge on any atom is 0.123 e. The fourth-order valence-electron chi connectivity index (χ4n) is 2.96. The van der Waals surface area contributed by atoms with Crippen molar-refractivity contribution in [2.24, 2.45) is 5.92 Å². The summed E-state index contributed by atoms with van der Waals surface area (Å²) < 4.78 is 5.69. The van der Waals surface area contributed by atoms with Crippen molar-refractivity contribution in [1.29, 1.82) is 0 Å². The molecule has 1 aliphatic rings. The number of likely N-dealkylation sites (tertiary alicyclic amines) is 1. The minimum absolute atomic E-state index is 0.704. The SMILES string of the molecule is CCCC1CCN(Cc2cc(N)ccc2OCC)C1. The molecule has 0 aromatic heterocycles. The molecule has 1 aromatic carbocycles. The smallest absolute Gasteiger partial charge is 0.123 e. The van der Waals surface area contributed by atoms with Crippen LogP contribution in [0.1, 0.15) is 38.7 Å². The minimum Gasteiger partial charge on any atom is -0.494 e. The van der Waals surface area contributed by atoms with Crippen LogP contribution in [0.4, 0.5) is 5.69 Å². The molecule has 1 heterocycles. The predicted octanol–water partition coefficient (Wildman–Crippen LogP) is 3.29. The highest BCUT2D eigenvalue weighted by Gasteiger charge is 2.22. The molecule has 3 nitrogen and oxygen atoms in total. The van der Waals surface area contributed by atoms with Gasteiger partial charge < -0.3 is 10.5 Å². The molecule has 106 valence electrons. The van der Waals surface area contributed by atoms with Gasteiger partial charge in [-0.15, -0.1) is 0 Å². The molecule has 3 heteroatoms. The van der Waals surface area contributed by atoms with Gasteiger partial charge >= 0.3 is 0 Å². The van der Waals surface area contributed by atoms with Crippen LogP contribution in [0.5, 0.6) is 5.75 Å². The van der Waals surface area contributed by atoms with E-state index in [4.69, 9.17) is 10.5 Å². The first-order valence-electron chi connectivity index (χ1n) is 7.46. The van der Waals surface area contributed by atoms with Crippen LogP contribution < -0.4 is 10.5 Å². The lowest BCUT2D eigenvalue weighted by Gasteiger charge is -2.18. The van der Waals surface area contributed by atoms with Crippen LogP contribution in [-0.2, 0) is 6.54 Å². The van der Waals surface area contributed by atoms with Crippen LogP contribution in [0.25, 0.3) is 0 Å². The zero-order chi connectivity index (χ0) is 13.7. The number of ether oxygens (including phenoxy) is 1. The molecule has 2 rings (SSSR count). The predicted molar refractivity (Wildman–Crippen MR) is 80.3 cm³/mol. The van der Waals surface area contributed by atoms with Crippen molar-refractivity contribution >= 4 is 5.69 Å². The Hall–Kier alpha value is -1.22. The maximum absolute atomic E-state index is 5.90. The van der Waals surface area contributed by atoms with Gasteiger partial charge in [-0.05, 0) is 50.4 Å². The quantitative estimate of drug-likeness (QED) is 0.800. The van der Waals surface area contributed by atoms with Crippen molar-refractivity contribution in [2.45, 2.75) is 39.7 Å². The molecule has 1 saturated heterocycles. The van der Waals surface area contributed by atoms with E-state index in [1.165, 1.54) is 37.9 Å². The third kappa shape index (κ3) is 3.87. The lowest BCUT2D eigenvalue weighted by Crippen LogP contribution is -2.20. The van der Waals surface area contributed by atoms with Crippen LogP contribution in [0.3, 0.4) is 0 Å². The number of benzene rings is 1. The van der Waals surface area contributed by atoms with E-state index in [1.54, 1.807) is 0 Å². The summed E-state index contributed by atoms with van der Waals surface area (Å²) in [6.45, 7) is 8.37. The van der Waals surface area contributed by atoms with E-state index in [1.807, 2.05) is 19.1 Å². The van der Waals surface area contributed by atoms with Gasteiger partial charge in [0.1, 0.15) is 5.75 Å². The molecule has 1 fully saturated rings. The van der Waals surface area contributed by atoms with Gasteiger partial charge in [0.2, 0.25) is 0 Å². The van der Waals surface area contributed by atoms with Crippen molar-refractivity contribution in [3.05, 3.63) is 23.8 Å². The Bertz CT molecular complexity index is 406. The van der Waals surface area contributed by atoms with E-state index < -0.39 is 0 Å². The van der Waals surface area contributed by atoms with Crippen LogP contribution in [0, 0.1) is 5.92 Å². The summed E-state index contributed by atoms with van der Waals surface area (Å²) in [5.74, 6) is 1.86. The molecule has 0 amide bonds. The van der Waals surface area contributed by atoms with Gasteiger partial charge in [-0.2, -0.15) is 0 Å². The van der Waals surface area contributed by atoms with Crippen LogP contribution >= 0.6 is 0 Å². The van der Waals surface area contributed by atoms with Gasteiger partial charge in [0.05, 0.1) is 6.61 Å². The van der Waals surface area contributed by atoms with E-state index >= 15 is 0 Å². The standard InChI is InChI=1S/C16H26N2O/c1-3-5-13-8-9-18(11-13)12-14-10-15(17)6-7-16(14)19-4-2/h6-7,10,13H,3-5,8-9,11-12,17H2,1-2H3. The zero-order valence-corrected chi connectivity index (χ0v) is 12.2. The number of nitrogen functional groups attached to an aromatic ring is 1. The largest absolute Gasteiger partial charge is 0.494 e. The monoisotopic (exact) mass is 262 g/mol. The first-order chi connectivity index (χ1) is 9.22. The summed E-state index contributed by atoms with van der Waals surface area (Å²) in [6, 6.07) is 5.96. The summed E-state index contributed by atoms with van der Waals surface area (Å²) >= 11 is 0. The molecule has 1 aromatic rings. The summed E-state index contributed by atoms with van der Waals surface area (Å²) in [5.41, 5.74) is 7.94. The van der Waals surface area contributed by atoms with Gasteiger partial charge in [0.25, 0.3) is 0 Å². The normalized spacial score (nSPS) is 19.8. The summed E-state index contributed by atoms with van der Waals surface area (Å²) in [4.78, 5) is 2.53. The van der Waals surface area contributed by atoms with Crippen molar-refractivity contribution in [1.82, 2.24) is 4.90 Å². The summed E-state index contributed by atoms with van der Waals surface area (Å²) in [6.07, 6.45) is 3.98. The molecule has 0 radical (unpaired) electrons. The second-order valence-corrected chi connectivity index (χ2v) is 5.48. The fraction of sp³-hybridized carbons (Fsp3) is 0.625. The fourth-order valence-corrected chi connectivity index (χ4v) is 2.96. The van der Waals surface area contributed by atoms with Gasteiger partial charge in [-0.25, -0.2) is 0 Å². The number of hydrogen-bond donors (Lipinski definition) is 1. The van der Waals surface area contributed by atoms with E-state index in [-0.39, 0.29) is 0 Å². The Kier molecular flexibility index (Phi) is 5.08. The van der Waals surface area contributed by atoms with Gasteiger partial charge in [-0.3, -0.25) is 4.90 Å². The Labute approximate surface area is 116 Å². The van der Waals surface area contributed by atoms with Gasteiger partial charge in [-0.1, -0.05) is 13.3 Å². The first kappa shape index (κ1) is 14.2. The molecule has 19 heavy (non-hydrogen) atoms. The summed E-state index contributed by atoms with van der Waals surface area (Å²) in [5, 5.41) is 0. The van der Waals surface area contributed by atoms with E-state index in [0.29, 0.717) is 6.61 Å². The first-order valence-corrected chi connectivity index (χ1v) is 7.46. The highest BCUT2D eigenvalue weighted by atomic mass is 16.5. The van der Waals surface area contributed by atoms with E-state index in [0.717, 1.165) is 23.9 Å². The average molecular weight is 262 g/mol. The molecule has 0 saturated carbocycles. The number of hydrogen-bond acceptors (Lipinski definition) is 3. The molecule has 0 aliphatic carbocycles. The number of nitrogens with zero attached hydrogens (tertiary/aromatic N) is 1. The van der Waals surface area contributed by atoms with Gasteiger partial charge in [0.15, 0.2) is 0 Å².